The van der Waals surface area contributed by atoms with Gasteiger partial charge in [-0.15, -0.1) is 0 Å². The summed E-state index contributed by atoms with van der Waals surface area (Å²) in [5, 5.41) is 0.958. The first-order valence-corrected chi connectivity index (χ1v) is 5.56. The Morgan fingerprint density at radius 2 is 2.19 bits per heavy atom. The number of nitrogens with one attached hydrogen (secondary N) is 1. The van der Waals surface area contributed by atoms with Crippen molar-refractivity contribution in [2.75, 3.05) is 18.0 Å². The van der Waals surface area contributed by atoms with E-state index in [0.717, 1.165) is 36.1 Å². The monoisotopic (exact) mass is 215 g/mol. The van der Waals surface area contributed by atoms with Gasteiger partial charge in [0.1, 0.15) is 5.65 Å². The van der Waals surface area contributed by atoms with Gasteiger partial charge in [-0.05, 0) is 18.9 Å². The maximum atomic E-state index is 11.0. The van der Waals surface area contributed by atoms with Crippen LogP contribution in [0.3, 0.4) is 0 Å². The third-order valence-corrected chi connectivity index (χ3v) is 3.16. The van der Waals surface area contributed by atoms with E-state index in [4.69, 9.17) is 0 Å². The molecule has 1 N–H and O–H groups in total. The zero-order chi connectivity index (χ0) is 11.0. The lowest BCUT2D eigenvalue weighted by Crippen LogP contribution is -2.18. The zero-order valence-electron chi connectivity index (χ0n) is 8.94. The van der Waals surface area contributed by atoms with Crippen molar-refractivity contribution < 1.29 is 4.79 Å². The van der Waals surface area contributed by atoms with E-state index in [-0.39, 0.29) is 0 Å². The normalized spacial score (nSPS) is 15.9. The molecule has 2 aromatic heterocycles. The van der Waals surface area contributed by atoms with Gasteiger partial charge in [0.05, 0.1) is 11.1 Å². The fourth-order valence-corrected chi connectivity index (χ4v) is 2.38. The minimum atomic E-state index is 0.699. The molecule has 0 unspecified atom stereocenters. The molecular formula is C12H13N3O. The smallest absolute Gasteiger partial charge is 0.152 e. The number of anilines is 1. The van der Waals surface area contributed by atoms with Crippen molar-refractivity contribution in [3.63, 3.8) is 0 Å². The van der Waals surface area contributed by atoms with E-state index in [1.165, 1.54) is 12.8 Å². The molecule has 16 heavy (non-hydrogen) atoms. The van der Waals surface area contributed by atoms with Crippen LogP contribution in [0.5, 0.6) is 0 Å². The van der Waals surface area contributed by atoms with Crippen molar-refractivity contribution in [3.8, 4) is 0 Å². The molecule has 0 radical (unpaired) electrons. The fraction of sp³-hybridized carbons (Fsp3) is 0.333. The largest absolute Gasteiger partial charge is 0.371 e. The number of carbonyl (C=O) groups is 1. The Balaban J connectivity index is 2.21. The van der Waals surface area contributed by atoms with Gasteiger partial charge in [0, 0.05) is 31.0 Å². The highest BCUT2D eigenvalue weighted by molar-refractivity contribution is 6.03. The lowest BCUT2D eigenvalue weighted by Gasteiger charge is -2.18. The number of hydrogen-bond donors (Lipinski definition) is 1. The number of H-pyrrole nitrogens is 1. The molecule has 0 atom stereocenters. The van der Waals surface area contributed by atoms with E-state index in [0.29, 0.717) is 5.56 Å². The molecule has 4 heteroatoms. The topological polar surface area (TPSA) is 49.0 Å². The molecule has 0 aromatic carbocycles. The molecule has 0 aliphatic carbocycles. The summed E-state index contributed by atoms with van der Waals surface area (Å²) in [5.41, 5.74) is 2.63. The molecule has 0 amide bonds. The maximum absolute atomic E-state index is 11.0. The molecule has 0 spiro atoms. The lowest BCUT2D eigenvalue weighted by molar-refractivity contribution is 0.112. The Morgan fingerprint density at radius 1 is 1.38 bits per heavy atom. The predicted molar refractivity (Wildman–Crippen MR) is 62.9 cm³/mol. The van der Waals surface area contributed by atoms with Gasteiger partial charge in [-0.2, -0.15) is 0 Å². The second kappa shape index (κ2) is 3.63. The minimum absolute atomic E-state index is 0.699. The van der Waals surface area contributed by atoms with Crippen LogP contribution in [0, 0.1) is 0 Å². The van der Waals surface area contributed by atoms with Crippen molar-refractivity contribution in [2.24, 2.45) is 0 Å². The minimum Gasteiger partial charge on any atom is -0.371 e. The number of rotatable bonds is 2. The third kappa shape index (κ3) is 1.30. The number of pyridine rings is 1. The number of nitrogens with zero attached hydrogens (tertiary/aromatic N) is 2. The van der Waals surface area contributed by atoms with Crippen molar-refractivity contribution in [2.45, 2.75) is 12.8 Å². The van der Waals surface area contributed by atoms with E-state index in [1.807, 2.05) is 6.07 Å². The SMILES string of the molecule is O=Cc1c[nH]c2nccc(N3CCCC3)c12. The summed E-state index contributed by atoms with van der Waals surface area (Å²) in [6.45, 7) is 2.14. The van der Waals surface area contributed by atoms with Crippen molar-refractivity contribution in [1.82, 2.24) is 9.97 Å². The van der Waals surface area contributed by atoms with Crippen molar-refractivity contribution >= 4 is 23.0 Å². The van der Waals surface area contributed by atoms with Gasteiger partial charge in [-0.25, -0.2) is 4.98 Å². The highest BCUT2D eigenvalue weighted by Gasteiger charge is 2.17. The van der Waals surface area contributed by atoms with Crippen molar-refractivity contribution in [3.05, 3.63) is 24.0 Å². The number of aldehydes is 1. The molecule has 0 saturated carbocycles. The number of aromatic amines is 1. The van der Waals surface area contributed by atoms with Gasteiger partial charge in [0.15, 0.2) is 6.29 Å². The van der Waals surface area contributed by atoms with Gasteiger partial charge in [0.2, 0.25) is 0 Å². The summed E-state index contributed by atoms with van der Waals surface area (Å²) in [7, 11) is 0. The highest BCUT2D eigenvalue weighted by Crippen LogP contribution is 2.29. The van der Waals surface area contributed by atoms with Gasteiger partial charge in [-0.1, -0.05) is 0 Å². The summed E-state index contributed by atoms with van der Waals surface area (Å²) in [5.74, 6) is 0. The summed E-state index contributed by atoms with van der Waals surface area (Å²) in [6, 6.07) is 1.99. The Labute approximate surface area is 93.3 Å². The van der Waals surface area contributed by atoms with Crippen LogP contribution in [-0.2, 0) is 0 Å². The van der Waals surface area contributed by atoms with Gasteiger partial charge < -0.3 is 9.88 Å². The lowest BCUT2D eigenvalue weighted by atomic mass is 10.2. The van der Waals surface area contributed by atoms with Crippen LogP contribution in [0.1, 0.15) is 23.2 Å². The Hall–Kier alpha value is -1.84. The molecule has 3 rings (SSSR count). The average molecular weight is 215 g/mol. The van der Waals surface area contributed by atoms with Crippen LogP contribution >= 0.6 is 0 Å². The molecule has 3 heterocycles. The van der Waals surface area contributed by atoms with Crippen LogP contribution < -0.4 is 4.90 Å². The van der Waals surface area contributed by atoms with Crippen LogP contribution in [-0.4, -0.2) is 29.3 Å². The first kappa shape index (κ1) is 9.39. The first-order chi connectivity index (χ1) is 7.90. The molecule has 1 aliphatic rings. The second-order valence-corrected chi connectivity index (χ2v) is 4.11. The van der Waals surface area contributed by atoms with Gasteiger partial charge in [-0.3, -0.25) is 4.79 Å². The summed E-state index contributed by atoms with van der Waals surface area (Å²) >= 11 is 0. The maximum Gasteiger partial charge on any atom is 0.152 e. The molecular weight excluding hydrogens is 202 g/mol. The van der Waals surface area contributed by atoms with E-state index < -0.39 is 0 Å². The number of carbonyl (C=O) groups excluding carboxylic acids is 1. The van der Waals surface area contributed by atoms with Gasteiger partial charge in [0.25, 0.3) is 0 Å². The molecule has 1 aliphatic heterocycles. The zero-order valence-corrected chi connectivity index (χ0v) is 8.94. The van der Waals surface area contributed by atoms with Crippen LogP contribution in [0.25, 0.3) is 11.0 Å². The summed E-state index contributed by atoms with van der Waals surface area (Å²) in [4.78, 5) is 20.6. The van der Waals surface area contributed by atoms with Crippen LogP contribution in [0.2, 0.25) is 0 Å². The standard InChI is InChI=1S/C12H13N3O/c16-8-9-7-14-12-11(9)10(3-4-13-12)15-5-1-2-6-15/h3-4,7-8H,1-2,5-6H2,(H,13,14). The van der Waals surface area contributed by atoms with Crippen LogP contribution in [0.4, 0.5) is 5.69 Å². The first-order valence-electron chi connectivity index (χ1n) is 5.56. The Morgan fingerprint density at radius 3 is 2.94 bits per heavy atom. The predicted octanol–water partition coefficient (Wildman–Crippen LogP) is 1.98. The fourth-order valence-electron chi connectivity index (χ4n) is 2.38. The number of aromatic nitrogens is 2. The highest BCUT2D eigenvalue weighted by atomic mass is 16.1. The van der Waals surface area contributed by atoms with E-state index >= 15 is 0 Å². The third-order valence-electron chi connectivity index (χ3n) is 3.16. The molecule has 1 saturated heterocycles. The molecule has 4 nitrogen and oxygen atoms in total. The second-order valence-electron chi connectivity index (χ2n) is 4.11. The molecule has 0 bridgehead atoms. The summed E-state index contributed by atoms with van der Waals surface area (Å²) in [6.07, 6.45) is 6.86. The molecule has 1 fully saturated rings. The number of fused-ring (bicyclic) bond motifs is 1. The van der Waals surface area contributed by atoms with E-state index in [9.17, 15) is 4.79 Å². The molecule has 82 valence electrons. The molecule has 2 aromatic rings. The van der Waals surface area contributed by atoms with Gasteiger partial charge >= 0.3 is 0 Å². The van der Waals surface area contributed by atoms with Crippen molar-refractivity contribution in [1.29, 1.82) is 0 Å². The summed E-state index contributed by atoms with van der Waals surface area (Å²) < 4.78 is 0. The van der Waals surface area contributed by atoms with Crippen LogP contribution in [0.15, 0.2) is 18.5 Å². The van der Waals surface area contributed by atoms with E-state index in [1.54, 1.807) is 12.4 Å². The number of hydrogen-bond acceptors (Lipinski definition) is 3. The average Bonchev–Trinajstić information content (AvgIpc) is 2.97. The van der Waals surface area contributed by atoms with E-state index in [2.05, 4.69) is 14.9 Å². The Bertz CT molecular complexity index is 526. The Kier molecular flexibility index (Phi) is 2.13. The quantitative estimate of drug-likeness (QED) is 0.779.